The molecule has 2 nitrogen and oxygen atoms in total. The SMILES string of the molecule is CSc1cc(C(F)(F)F)ccc1NC=O. The van der Waals surface area contributed by atoms with Gasteiger partial charge in [0.25, 0.3) is 0 Å². The number of carbonyl (C=O) groups excluding carboxylic acids is 1. The molecule has 0 aliphatic rings. The number of rotatable bonds is 3. The lowest BCUT2D eigenvalue weighted by atomic mass is 10.2. The Morgan fingerprint density at radius 2 is 2.07 bits per heavy atom. The predicted molar refractivity (Wildman–Crippen MR) is 52.9 cm³/mol. The molecule has 0 aliphatic carbocycles. The normalized spacial score (nSPS) is 11.2. The second-order valence-electron chi connectivity index (χ2n) is 2.68. The van der Waals surface area contributed by atoms with Gasteiger partial charge in [0, 0.05) is 4.90 Å². The van der Waals surface area contributed by atoms with Crippen LogP contribution in [0.3, 0.4) is 0 Å². The maximum atomic E-state index is 12.3. The van der Waals surface area contributed by atoms with Gasteiger partial charge in [-0.25, -0.2) is 0 Å². The summed E-state index contributed by atoms with van der Waals surface area (Å²) in [6.07, 6.45) is -2.28. The zero-order valence-electron chi connectivity index (χ0n) is 7.76. The van der Waals surface area contributed by atoms with Gasteiger partial charge in [-0.05, 0) is 24.5 Å². The van der Waals surface area contributed by atoms with Gasteiger partial charge < -0.3 is 5.32 Å². The molecule has 0 fully saturated rings. The van der Waals surface area contributed by atoms with Crippen LogP contribution in [0.15, 0.2) is 23.1 Å². The number of benzene rings is 1. The van der Waals surface area contributed by atoms with Gasteiger partial charge in [0.05, 0.1) is 11.3 Å². The number of hydrogen-bond acceptors (Lipinski definition) is 2. The van der Waals surface area contributed by atoms with E-state index in [0.29, 0.717) is 17.0 Å². The number of amides is 1. The van der Waals surface area contributed by atoms with E-state index in [2.05, 4.69) is 5.32 Å². The van der Waals surface area contributed by atoms with Crippen molar-refractivity contribution in [3.05, 3.63) is 23.8 Å². The second kappa shape index (κ2) is 4.57. The van der Waals surface area contributed by atoms with Crippen LogP contribution in [-0.4, -0.2) is 12.7 Å². The standard InChI is InChI=1S/C9H8F3NOS/c1-15-8-4-6(9(10,11)12)2-3-7(8)13-5-14/h2-5H,1H3,(H,13,14). The van der Waals surface area contributed by atoms with Crippen molar-refractivity contribution in [2.75, 3.05) is 11.6 Å². The van der Waals surface area contributed by atoms with Crippen LogP contribution in [-0.2, 0) is 11.0 Å². The van der Waals surface area contributed by atoms with Gasteiger partial charge in [-0.15, -0.1) is 11.8 Å². The summed E-state index contributed by atoms with van der Waals surface area (Å²) in [5, 5.41) is 2.34. The van der Waals surface area contributed by atoms with E-state index in [9.17, 15) is 18.0 Å². The highest BCUT2D eigenvalue weighted by molar-refractivity contribution is 7.98. The first kappa shape index (κ1) is 11.9. The molecular formula is C9H8F3NOS. The summed E-state index contributed by atoms with van der Waals surface area (Å²) in [6.45, 7) is 0. The average Bonchev–Trinajstić information content (AvgIpc) is 2.17. The minimum absolute atomic E-state index is 0.380. The first-order valence-corrected chi connectivity index (χ1v) is 5.17. The Balaban J connectivity index is 3.13. The third-order valence-electron chi connectivity index (χ3n) is 1.74. The van der Waals surface area contributed by atoms with E-state index < -0.39 is 11.7 Å². The van der Waals surface area contributed by atoms with Gasteiger partial charge in [-0.2, -0.15) is 13.2 Å². The molecule has 15 heavy (non-hydrogen) atoms. The number of carbonyl (C=O) groups is 1. The summed E-state index contributed by atoms with van der Waals surface area (Å²) >= 11 is 1.14. The molecule has 6 heteroatoms. The molecule has 0 aromatic heterocycles. The topological polar surface area (TPSA) is 29.1 Å². The quantitative estimate of drug-likeness (QED) is 0.644. The molecule has 0 atom stereocenters. The summed E-state index contributed by atoms with van der Waals surface area (Å²) in [5.41, 5.74) is -0.339. The average molecular weight is 235 g/mol. The van der Waals surface area contributed by atoms with Crippen molar-refractivity contribution in [1.29, 1.82) is 0 Å². The lowest BCUT2D eigenvalue weighted by molar-refractivity contribution is -0.137. The monoisotopic (exact) mass is 235 g/mol. The van der Waals surface area contributed by atoms with Crippen molar-refractivity contribution >= 4 is 23.9 Å². The van der Waals surface area contributed by atoms with E-state index >= 15 is 0 Å². The highest BCUT2D eigenvalue weighted by Crippen LogP contribution is 2.34. The Bertz CT molecular complexity index is 365. The van der Waals surface area contributed by atoms with Crippen molar-refractivity contribution in [3.63, 3.8) is 0 Å². The number of anilines is 1. The van der Waals surface area contributed by atoms with Crippen LogP contribution in [0.2, 0.25) is 0 Å². The van der Waals surface area contributed by atoms with Crippen LogP contribution >= 0.6 is 11.8 Å². The largest absolute Gasteiger partial charge is 0.416 e. The molecule has 0 radical (unpaired) electrons. The maximum absolute atomic E-state index is 12.3. The van der Waals surface area contributed by atoms with Crippen LogP contribution in [0.1, 0.15) is 5.56 Å². The van der Waals surface area contributed by atoms with E-state index in [1.807, 2.05) is 0 Å². The van der Waals surface area contributed by atoms with Crippen LogP contribution in [0.4, 0.5) is 18.9 Å². The molecule has 0 unspecified atom stereocenters. The number of hydrogen-bond donors (Lipinski definition) is 1. The minimum Gasteiger partial charge on any atom is -0.328 e. The van der Waals surface area contributed by atoms with Crippen LogP contribution < -0.4 is 5.32 Å². The molecule has 0 saturated carbocycles. The van der Waals surface area contributed by atoms with Gasteiger partial charge in [0.2, 0.25) is 6.41 Å². The van der Waals surface area contributed by atoms with Crippen LogP contribution in [0.5, 0.6) is 0 Å². The molecule has 1 aromatic carbocycles. The lowest BCUT2D eigenvalue weighted by Crippen LogP contribution is -2.06. The zero-order chi connectivity index (χ0) is 11.5. The summed E-state index contributed by atoms with van der Waals surface area (Å²) in [5.74, 6) is 0. The van der Waals surface area contributed by atoms with Gasteiger partial charge in [-0.1, -0.05) is 0 Å². The Labute approximate surface area is 88.9 Å². The third-order valence-corrected chi connectivity index (χ3v) is 2.52. The maximum Gasteiger partial charge on any atom is 0.416 e. The number of alkyl halides is 3. The second-order valence-corrected chi connectivity index (χ2v) is 3.52. The van der Waals surface area contributed by atoms with E-state index in [1.165, 1.54) is 6.07 Å². The molecule has 0 saturated heterocycles. The first-order valence-electron chi connectivity index (χ1n) is 3.94. The molecule has 1 aromatic rings. The molecular weight excluding hydrogens is 227 g/mol. The van der Waals surface area contributed by atoms with Crippen molar-refractivity contribution in [2.45, 2.75) is 11.1 Å². The molecule has 0 aliphatic heterocycles. The van der Waals surface area contributed by atoms with Crippen molar-refractivity contribution < 1.29 is 18.0 Å². The molecule has 1 amide bonds. The van der Waals surface area contributed by atoms with Gasteiger partial charge in [0.15, 0.2) is 0 Å². The summed E-state index contributed by atoms with van der Waals surface area (Å²) in [6, 6.07) is 3.19. The zero-order valence-corrected chi connectivity index (χ0v) is 8.58. The molecule has 0 spiro atoms. The summed E-state index contributed by atoms with van der Waals surface area (Å²) in [4.78, 5) is 10.6. The van der Waals surface area contributed by atoms with Gasteiger partial charge in [-0.3, -0.25) is 4.79 Å². The summed E-state index contributed by atoms with van der Waals surface area (Å²) < 4.78 is 37.0. The lowest BCUT2D eigenvalue weighted by Gasteiger charge is -2.10. The molecule has 1 N–H and O–H groups in total. The van der Waals surface area contributed by atoms with Crippen molar-refractivity contribution in [3.8, 4) is 0 Å². The van der Waals surface area contributed by atoms with Crippen LogP contribution in [0.25, 0.3) is 0 Å². The minimum atomic E-state index is -4.36. The molecule has 0 heterocycles. The fourth-order valence-electron chi connectivity index (χ4n) is 1.05. The van der Waals surface area contributed by atoms with E-state index in [0.717, 1.165) is 23.9 Å². The van der Waals surface area contributed by atoms with Crippen molar-refractivity contribution in [1.82, 2.24) is 0 Å². The Kier molecular flexibility index (Phi) is 3.62. The fourth-order valence-corrected chi connectivity index (χ4v) is 1.64. The van der Waals surface area contributed by atoms with Gasteiger partial charge in [0.1, 0.15) is 0 Å². The smallest absolute Gasteiger partial charge is 0.328 e. The van der Waals surface area contributed by atoms with Crippen molar-refractivity contribution in [2.24, 2.45) is 0 Å². The molecule has 0 bridgehead atoms. The summed E-state index contributed by atoms with van der Waals surface area (Å²) in [7, 11) is 0. The Morgan fingerprint density at radius 3 is 2.53 bits per heavy atom. The Morgan fingerprint density at radius 1 is 1.40 bits per heavy atom. The predicted octanol–water partition coefficient (Wildman–Crippen LogP) is 3.00. The third kappa shape index (κ3) is 2.89. The molecule has 82 valence electrons. The Hall–Kier alpha value is -1.17. The first-order chi connectivity index (χ1) is 6.99. The number of nitrogens with one attached hydrogen (secondary N) is 1. The number of halogens is 3. The highest BCUT2D eigenvalue weighted by atomic mass is 32.2. The van der Waals surface area contributed by atoms with E-state index in [-0.39, 0.29) is 0 Å². The van der Waals surface area contributed by atoms with E-state index in [4.69, 9.17) is 0 Å². The highest BCUT2D eigenvalue weighted by Gasteiger charge is 2.30. The van der Waals surface area contributed by atoms with E-state index in [1.54, 1.807) is 6.26 Å². The molecule has 1 rings (SSSR count). The number of thioether (sulfide) groups is 1. The van der Waals surface area contributed by atoms with Gasteiger partial charge >= 0.3 is 6.18 Å². The fraction of sp³-hybridized carbons (Fsp3) is 0.222. The van der Waals surface area contributed by atoms with Crippen LogP contribution in [0, 0.1) is 0 Å².